The fourth-order valence-electron chi connectivity index (χ4n) is 3.08. The maximum Gasteiger partial charge on any atom is 0.264 e. The van der Waals surface area contributed by atoms with Gasteiger partial charge in [-0.3, -0.25) is 14.2 Å². The molecule has 2 aromatic heterocycles. The Bertz CT molecular complexity index is 1270. The van der Waals surface area contributed by atoms with E-state index in [0.29, 0.717) is 40.3 Å². The third kappa shape index (κ3) is 4.23. The van der Waals surface area contributed by atoms with Crippen molar-refractivity contribution in [1.82, 2.24) is 24.6 Å². The van der Waals surface area contributed by atoms with Crippen molar-refractivity contribution in [3.8, 4) is 0 Å². The smallest absolute Gasteiger partial charge is 0.264 e. The third-order valence-electron chi connectivity index (χ3n) is 4.58. The molecular weight excluding hydrogens is 409 g/mol. The molecule has 2 heterocycles. The van der Waals surface area contributed by atoms with Crippen molar-refractivity contribution in [3.63, 3.8) is 0 Å². The zero-order chi connectivity index (χ0) is 21.1. The van der Waals surface area contributed by atoms with Crippen LogP contribution in [0.4, 0.5) is 4.39 Å². The van der Waals surface area contributed by atoms with Gasteiger partial charge in [-0.25, -0.2) is 14.1 Å². The quantitative estimate of drug-likeness (QED) is 0.515. The number of hydrogen-bond donors (Lipinski definition) is 1. The second-order valence-electron chi connectivity index (χ2n) is 6.68. The average Bonchev–Trinajstić information content (AvgIpc) is 3.14. The van der Waals surface area contributed by atoms with Crippen LogP contribution in [0, 0.1) is 5.82 Å². The van der Waals surface area contributed by atoms with Crippen molar-refractivity contribution in [2.45, 2.75) is 13.1 Å². The van der Waals surface area contributed by atoms with Crippen LogP contribution < -0.4 is 10.9 Å². The molecular formula is C21H17ClFN5O2. The molecule has 4 aromatic rings. The van der Waals surface area contributed by atoms with Crippen LogP contribution in [0.5, 0.6) is 0 Å². The molecule has 1 N–H and O–H groups in total. The predicted octanol–water partition coefficient (Wildman–Crippen LogP) is 2.86. The minimum Gasteiger partial charge on any atom is -0.350 e. The van der Waals surface area contributed by atoms with Gasteiger partial charge in [0.25, 0.3) is 11.5 Å². The molecule has 0 fully saturated rings. The summed E-state index contributed by atoms with van der Waals surface area (Å²) in [6.45, 7) is 0.872. The molecule has 30 heavy (non-hydrogen) atoms. The molecule has 0 atom stereocenters. The van der Waals surface area contributed by atoms with Gasteiger partial charge in [-0.15, -0.1) is 0 Å². The van der Waals surface area contributed by atoms with Crippen LogP contribution in [-0.2, 0) is 13.1 Å². The standard InChI is InChI=1S/C21H17ClFN5O2/c22-16-6-4-15(5-7-16)20(29)24-8-9-28-19-18(11-26-28)21(30)27(13-25-19)12-14-2-1-3-17(23)10-14/h1-7,10-11,13H,8-9,12H2,(H,24,29). The Labute approximate surface area is 175 Å². The number of amides is 1. The Balaban J connectivity index is 1.45. The maximum atomic E-state index is 13.4. The van der Waals surface area contributed by atoms with E-state index < -0.39 is 0 Å². The first-order valence-corrected chi connectivity index (χ1v) is 9.58. The number of carbonyl (C=O) groups excluding carboxylic acids is 1. The lowest BCUT2D eigenvalue weighted by Crippen LogP contribution is -2.27. The average molecular weight is 426 g/mol. The summed E-state index contributed by atoms with van der Waals surface area (Å²) in [6.07, 6.45) is 2.87. The fourth-order valence-corrected chi connectivity index (χ4v) is 3.21. The summed E-state index contributed by atoms with van der Waals surface area (Å²) in [5.41, 5.74) is 1.33. The van der Waals surface area contributed by atoms with Gasteiger partial charge in [-0.05, 0) is 42.0 Å². The van der Waals surface area contributed by atoms with E-state index in [9.17, 15) is 14.0 Å². The van der Waals surface area contributed by atoms with Gasteiger partial charge in [0.15, 0.2) is 5.65 Å². The molecule has 152 valence electrons. The van der Waals surface area contributed by atoms with Crippen LogP contribution in [0.1, 0.15) is 15.9 Å². The van der Waals surface area contributed by atoms with Crippen molar-refractivity contribution < 1.29 is 9.18 Å². The molecule has 0 saturated heterocycles. The summed E-state index contributed by atoms with van der Waals surface area (Å²) in [5, 5.41) is 7.93. The summed E-state index contributed by atoms with van der Waals surface area (Å²) in [5.74, 6) is -0.586. The molecule has 0 aliphatic carbocycles. The molecule has 9 heteroatoms. The molecule has 0 saturated carbocycles. The Morgan fingerprint density at radius 1 is 1.17 bits per heavy atom. The summed E-state index contributed by atoms with van der Waals surface area (Å²) in [7, 11) is 0. The van der Waals surface area contributed by atoms with E-state index in [-0.39, 0.29) is 23.8 Å². The lowest BCUT2D eigenvalue weighted by atomic mass is 10.2. The van der Waals surface area contributed by atoms with Gasteiger partial charge in [0, 0.05) is 17.1 Å². The van der Waals surface area contributed by atoms with Gasteiger partial charge in [-0.1, -0.05) is 23.7 Å². The summed E-state index contributed by atoms with van der Waals surface area (Å²) >= 11 is 5.83. The molecule has 4 rings (SSSR count). The SMILES string of the molecule is O=C(NCCn1ncc2c(=O)n(Cc3cccc(F)c3)cnc21)c1ccc(Cl)cc1. The van der Waals surface area contributed by atoms with E-state index in [2.05, 4.69) is 15.4 Å². The van der Waals surface area contributed by atoms with Crippen LogP contribution in [0.3, 0.4) is 0 Å². The largest absolute Gasteiger partial charge is 0.350 e. The first-order chi connectivity index (χ1) is 14.5. The molecule has 0 aliphatic heterocycles. The van der Waals surface area contributed by atoms with Crippen molar-refractivity contribution in [3.05, 3.63) is 93.4 Å². The molecule has 0 unspecified atom stereocenters. The van der Waals surface area contributed by atoms with Crippen molar-refractivity contribution in [2.75, 3.05) is 6.54 Å². The Morgan fingerprint density at radius 3 is 2.73 bits per heavy atom. The minimum atomic E-state index is -0.358. The zero-order valence-electron chi connectivity index (χ0n) is 15.8. The fraction of sp³-hybridized carbons (Fsp3) is 0.143. The van der Waals surface area contributed by atoms with Crippen molar-refractivity contribution in [1.29, 1.82) is 0 Å². The predicted molar refractivity (Wildman–Crippen MR) is 111 cm³/mol. The number of carbonyl (C=O) groups is 1. The van der Waals surface area contributed by atoms with E-state index in [0.717, 1.165) is 0 Å². The molecule has 0 spiro atoms. The summed E-state index contributed by atoms with van der Waals surface area (Å²) in [4.78, 5) is 29.2. The second kappa shape index (κ2) is 8.46. The normalized spacial score (nSPS) is 11.0. The monoisotopic (exact) mass is 425 g/mol. The van der Waals surface area contributed by atoms with Crippen molar-refractivity contribution in [2.24, 2.45) is 0 Å². The van der Waals surface area contributed by atoms with Crippen LogP contribution in [0.25, 0.3) is 11.0 Å². The van der Waals surface area contributed by atoms with E-state index in [1.54, 1.807) is 41.1 Å². The van der Waals surface area contributed by atoms with Crippen LogP contribution in [-0.4, -0.2) is 31.8 Å². The second-order valence-corrected chi connectivity index (χ2v) is 7.11. The first-order valence-electron chi connectivity index (χ1n) is 9.20. The highest BCUT2D eigenvalue weighted by atomic mass is 35.5. The van der Waals surface area contributed by atoms with E-state index in [1.165, 1.54) is 29.2 Å². The Morgan fingerprint density at radius 2 is 1.97 bits per heavy atom. The maximum absolute atomic E-state index is 13.4. The van der Waals surface area contributed by atoms with Crippen LogP contribution in [0.2, 0.25) is 5.02 Å². The van der Waals surface area contributed by atoms with E-state index in [4.69, 9.17) is 11.6 Å². The highest BCUT2D eigenvalue weighted by Crippen LogP contribution is 2.10. The molecule has 0 radical (unpaired) electrons. The number of rotatable bonds is 6. The van der Waals surface area contributed by atoms with Gasteiger partial charge in [0.1, 0.15) is 17.5 Å². The van der Waals surface area contributed by atoms with Gasteiger partial charge in [-0.2, -0.15) is 5.10 Å². The molecule has 7 nitrogen and oxygen atoms in total. The number of aromatic nitrogens is 4. The molecule has 0 bridgehead atoms. The van der Waals surface area contributed by atoms with Gasteiger partial charge in [0.05, 0.1) is 19.3 Å². The molecule has 1 amide bonds. The lowest BCUT2D eigenvalue weighted by Gasteiger charge is -2.08. The third-order valence-corrected chi connectivity index (χ3v) is 4.83. The number of halogens is 2. The minimum absolute atomic E-state index is 0.210. The van der Waals surface area contributed by atoms with E-state index in [1.807, 2.05) is 0 Å². The zero-order valence-corrected chi connectivity index (χ0v) is 16.5. The number of fused-ring (bicyclic) bond motifs is 1. The topological polar surface area (TPSA) is 81.8 Å². The molecule has 0 aliphatic rings. The Kier molecular flexibility index (Phi) is 5.58. The van der Waals surface area contributed by atoms with Gasteiger partial charge in [0.2, 0.25) is 0 Å². The number of hydrogen-bond acceptors (Lipinski definition) is 4. The summed E-state index contributed by atoms with van der Waals surface area (Å²) in [6, 6.07) is 12.6. The first kappa shape index (κ1) is 19.8. The highest BCUT2D eigenvalue weighted by Gasteiger charge is 2.11. The number of nitrogens with one attached hydrogen (secondary N) is 1. The number of nitrogens with zero attached hydrogens (tertiary/aromatic N) is 4. The summed E-state index contributed by atoms with van der Waals surface area (Å²) < 4.78 is 16.3. The highest BCUT2D eigenvalue weighted by molar-refractivity contribution is 6.30. The molecule has 2 aromatic carbocycles. The Hall–Kier alpha value is -3.52. The van der Waals surface area contributed by atoms with Gasteiger partial charge >= 0.3 is 0 Å². The van der Waals surface area contributed by atoms with Crippen molar-refractivity contribution >= 4 is 28.5 Å². The number of benzene rings is 2. The van der Waals surface area contributed by atoms with Gasteiger partial charge < -0.3 is 5.32 Å². The van der Waals surface area contributed by atoms with Crippen LogP contribution in [0.15, 0.2) is 65.8 Å². The lowest BCUT2D eigenvalue weighted by molar-refractivity contribution is 0.0952. The van der Waals surface area contributed by atoms with E-state index >= 15 is 0 Å². The van der Waals surface area contributed by atoms with Crippen LogP contribution >= 0.6 is 11.6 Å².